The molecule has 3 heteroatoms. The smallest absolute Gasteiger partial charge is 0.133 e. The zero-order chi connectivity index (χ0) is 8.97. The van der Waals surface area contributed by atoms with Gasteiger partial charge in [0, 0.05) is 17.0 Å². The molecule has 1 atom stereocenters. The number of carbonyl (C=O) groups excluding carboxylic acids is 1. The van der Waals surface area contributed by atoms with Gasteiger partial charge in [-0.3, -0.25) is 4.79 Å². The molecule has 0 spiro atoms. The molecule has 1 nitrogen and oxygen atoms in total. The predicted octanol–water partition coefficient (Wildman–Crippen LogP) is 2.83. The van der Waals surface area contributed by atoms with Crippen LogP contribution in [-0.4, -0.2) is 16.2 Å². The molecule has 0 aromatic rings. The van der Waals surface area contributed by atoms with Crippen LogP contribution >= 0.6 is 24.0 Å². The molecule has 0 aromatic heterocycles. The van der Waals surface area contributed by atoms with Crippen molar-refractivity contribution in [3.05, 3.63) is 0 Å². The van der Waals surface area contributed by atoms with Crippen molar-refractivity contribution in [3.63, 3.8) is 0 Å². The monoisotopic (exact) mass is 202 g/mol. The quantitative estimate of drug-likeness (QED) is 0.641. The molecule has 1 aliphatic rings. The van der Waals surface area contributed by atoms with Gasteiger partial charge in [-0.15, -0.1) is 11.8 Å². The van der Waals surface area contributed by atoms with Crippen LogP contribution in [0.4, 0.5) is 0 Å². The van der Waals surface area contributed by atoms with E-state index in [1.165, 1.54) is 6.42 Å². The molecule has 1 aliphatic carbocycles. The summed E-state index contributed by atoms with van der Waals surface area (Å²) in [6.07, 6.45) is 6.78. The van der Waals surface area contributed by atoms with Crippen LogP contribution in [0.3, 0.4) is 0 Å². The molecule has 1 fully saturated rings. The molecular formula is C9H14OS2. The van der Waals surface area contributed by atoms with Crippen LogP contribution in [-0.2, 0) is 4.79 Å². The van der Waals surface area contributed by atoms with E-state index in [-0.39, 0.29) is 0 Å². The SMILES string of the molecule is CSC(=S)CC1CCCC(=O)C1. The number of hydrogen-bond acceptors (Lipinski definition) is 3. The Hall–Kier alpha value is 0.110. The lowest BCUT2D eigenvalue weighted by atomic mass is 9.87. The first-order chi connectivity index (χ1) is 5.72. The van der Waals surface area contributed by atoms with Crippen LogP contribution in [0, 0.1) is 5.92 Å². The Balaban J connectivity index is 2.32. The van der Waals surface area contributed by atoms with Gasteiger partial charge in [-0.2, -0.15) is 0 Å². The van der Waals surface area contributed by atoms with Crippen molar-refractivity contribution >= 4 is 34.0 Å². The fourth-order valence-electron chi connectivity index (χ4n) is 1.61. The van der Waals surface area contributed by atoms with E-state index in [2.05, 4.69) is 0 Å². The van der Waals surface area contributed by atoms with Crippen LogP contribution in [0.1, 0.15) is 32.1 Å². The first kappa shape index (κ1) is 10.2. The predicted molar refractivity (Wildman–Crippen MR) is 57.7 cm³/mol. The van der Waals surface area contributed by atoms with Gasteiger partial charge in [-0.25, -0.2) is 0 Å². The highest BCUT2D eigenvalue weighted by molar-refractivity contribution is 8.22. The van der Waals surface area contributed by atoms with E-state index in [0.29, 0.717) is 11.7 Å². The minimum Gasteiger partial charge on any atom is -0.300 e. The lowest BCUT2D eigenvalue weighted by Crippen LogP contribution is -2.16. The molecule has 0 saturated heterocycles. The van der Waals surface area contributed by atoms with Gasteiger partial charge in [0.15, 0.2) is 0 Å². The average molecular weight is 202 g/mol. The van der Waals surface area contributed by atoms with Crippen LogP contribution in [0.25, 0.3) is 0 Å². The van der Waals surface area contributed by atoms with Crippen molar-refractivity contribution in [3.8, 4) is 0 Å². The Bertz CT molecular complexity index is 189. The van der Waals surface area contributed by atoms with Gasteiger partial charge in [-0.1, -0.05) is 12.2 Å². The number of rotatable bonds is 2. The Morgan fingerprint density at radius 3 is 3.08 bits per heavy atom. The van der Waals surface area contributed by atoms with E-state index < -0.39 is 0 Å². The molecule has 0 aromatic carbocycles. The molecular weight excluding hydrogens is 188 g/mol. The van der Waals surface area contributed by atoms with Crippen molar-refractivity contribution in [1.29, 1.82) is 0 Å². The zero-order valence-corrected chi connectivity index (χ0v) is 8.97. The third kappa shape index (κ3) is 3.23. The number of carbonyl (C=O) groups is 1. The van der Waals surface area contributed by atoms with Crippen LogP contribution in [0.5, 0.6) is 0 Å². The van der Waals surface area contributed by atoms with Gasteiger partial charge in [0.25, 0.3) is 0 Å². The average Bonchev–Trinajstić information content (AvgIpc) is 2.04. The maximum atomic E-state index is 11.1. The first-order valence-corrected chi connectivity index (χ1v) is 5.94. The topological polar surface area (TPSA) is 17.1 Å². The van der Waals surface area contributed by atoms with Crippen molar-refractivity contribution in [2.75, 3.05) is 6.26 Å². The fraction of sp³-hybridized carbons (Fsp3) is 0.778. The van der Waals surface area contributed by atoms with Gasteiger partial charge in [-0.05, 0) is 31.4 Å². The number of thiocarbonyl (C=S) groups is 1. The summed E-state index contributed by atoms with van der Waals surface area (Å²) in [6, 6.07) is 0. The zero-order valence-electron chi connectivity index (χ0n) is 7.34. The molecule has 0 amide bonds. The number of Topliss-reactive ketones (excluding diaryl/α,β-unsaturated/α-hetero) is 1. The summed E-state index contributed by atoms with van der Waals surface area (Å²) in [5, 5.41) is 0. The molecule has 1 unspecified atom stereocenters. The molecule has 0 N–H and O–H groups in total. The Morgan fingerprint density at radius 1 is 1.75 bits per heavy atom. The second-order valence-corrected chi connectivity index (χ2v) is 4.93. The Labute approximate surface area is 83.3 Å². The number of thioether (sulfide) groups is 1. The lowest BCUT2D eigenvalue weighted by Gasteiger charge is -2.20. The molecule has 1 saturated carbocycles. The summed E-state index contributed by atoms with van der Waals surface area (Å²) in [5.41, 5.74) is 0. The number of ketones is 1. The molecule has 0 bridgehead atoms. The van der Waals surface area contributed by atoms with Gasteiger partial charge in [0.2, 0.25) is 0 Å². The second kappa shape index (κ2) is 4.97. The maximum Gasteiger partial charge on any atom is 0.133 e. The van der Waals surface area contributed by atoms with E-state index >= 15 is 0 Å². The summed E-state index contributed by atoms with van der Waals surface area (Å²) >= 11 is 6.77. The van der Waals surface area contributed by atoms with Gasteiger partial charge >= 0.3 is 0 Å². The minimum atomic E-state index is 0.426. The highest BCUT2D eigenvalue weighted by atomic mass is 32.2. The molecule has 12 heavy (non-hydrogen) atoms. The van der Waals surface area contributed by atoms with E-state index in [0.717, 1.165) is 29.9 Å². The van der Waals surface area contributed by atoms with Crippen molar-refractivity contribution in [2.45, 2.75) is 32.1 Å². The Kier molecular flexibility index (Phi) is 4.22. The normalized spacial score (nSPS) is 24.1. The highest BCUT2D eigenvalue weighted by Gasteiger charge is 2.19. The number of hydrogen-bond donors (Lipinski definition) is 0. The fourth-order valence-corrected chi connectivity index (χ4v) is 2.25. The summed E-state index contributed by atoms with van der Waals surface area (Å²) in [4.78, 5) is 11.1. The van der Waals surface area contributed by atoms with Crippen LogP contribution in [0.15, 0.2) is 0 Å². The largest absolute Gasteiger partial charge is 0.300 e. The van der Waals surface area contributed by atoms with E-state index in [1.807, 2.05) is 6.26 Å². The molecule has 0 radical (unpaired) electrons. The summed E-state index contributed by atoms with van der Waals surface area (Å²) in [7, 11) is 0. The third-order valence-electron chi connectivity index (χ3n) is 2.27. The van der Waals surface area contributed by atoms with Crippen molar-refractivity contribution in [1.82, 2.24) is 0 Å². The molecule has 1 rings (SSSR count). The van der Waals surface area contributed by atoms with Gasteiger partial charge < -0.3 is 0 Å². The van der Waals surface area contributed by atoms with E-state index in [9.17, 15) is 4.79 Å². The Morgan fingerprint density at radius 2 is 2.50 bits per heavy atom. The highest BCUT2D eigenvalue weighted by Crippen LogP contribution is 2.26. The van der Waals surface area contributed by atoms with E-state index in [4.69, 9.17) is 12.2 Å². The van der Waals surface area contributed by atoms with Crippen LogP contribution < -0.4 is 0 Å². The van der Waals surface area contributed by atoms with E-state index in [1.54, 1.807) is 11.8 Å². The molecule has 0 heterocycles. The summed E-state index contributed by atoms with van der Waals surface area (Å²) in [5.74, 6) is 0.973. The molecule has 68 valence electrons. The second-order valence-electron chi connectivity index (χ2n) is 3.28. The van der Waals surface area contributed by atoms with Crippen molar-refractivity contribution in [2.24, 2.45) is 5.92 Å². The minimum absolute atomic E-state index is 0.426. The molecule has 0 aliphatic heterocycles. The lowest BCUT2D eigenvalue weighted by molar-refractivity contribution is -0.121. The van der Waals surface area contributed by atoms with Gasteiger partial charge in [0.1, 0.15) is 5.78 Å². The van der Waals surface area contributed by atoms with Crippen molar-refractivity contribution < 1.29 is 4.79 Å². The summed E-state index contributed by atoms with van der Waals surface area (Å²) in [6.45, 7) is 0. The maximum absolute atomic E-state index is 11.1. The van der Waals surface area contributed by atoms with Gasteiger partial charge in [0.05, 0.1) is 0 Å². The third-order valence-corrected chi connectivity index (χ3v) is 3.56. The summed E-state index contributed by atoms with van der Waals surface area (Å²) < 4.78 is 1.05. The first-order valence-electron chi connectivity index (χ1n) is 4.31. The van der Waals surface area contributed by atoms with Crippen LogP contribution in [0.2, 0.25) is 0 Å². The standard InChI is InChI=1S/C9H14OS2/c1-12-9(11)6-7-3-2-4-8(10)5-7/h7H,2-6H2,1H3.